The van der Waals surface area contributed by atoms with Gasteiger partial charge in [-0.05, 0) is 40.5 Å². The molecule has 0 aliphatic rings. The highest BCUT2D eigenvalue weighted by Crippen LogP contribution is 2.31. The van der Waals surface area contributed by atoms with Gasteiger partial charge in [0.1, 0.15) is 0 Å². The molecule has 0 atom stereocenters. The number of primary amides is 1. The van der Waals surface area contributed by atoms with Crippen molar-refractivity contribution in [2.24, 2.45) is 5.73 Å². The summed E-state index contributed by atoms with van der Waals surface area (Å²) in [5, 5.41) is 0. The minimum Gasteiger partial charge on any atom is -0.398 e. The third-order valence-corrected chi connectivity index (χ3v) is 3.69. The van der Waals surface area contributed by atoms with Gasteiger partial charge < -0.3 is 11.5 Å². The Bertz CT molecular complexity index is 368. The fraction of sp³-hybridized carbons (Fsp3) is 0.222. The van der Waals surface area contributed by atoms with E-state index in [9.17, 15) is 4.79 Å². The molecule has 1 aromatic rings. The molecule has 1 rings (SSSR count). The predicted molar refractivity (Wildman–Crippen MR) is 63.2 cm³/mol. The molecule has 1 aromatic carbocycles. The second-order valence-electron chi connectivity index (χ2n) is 2.89. The molecule has 1 amide bonds. The maximum atomic E-state index is 10.6. The Morgan fingerprint density at radius 2 is 2.21 bits per heavy atom. The Hall–Kier alpha value is -0.680. The summed E-state index contributed by atoms with van der Waals surface area (Å²) >= 11 is 4.78. The summed E-state index contributed by atoms with van der Waals surface area (Å²) in [5.41, 5.74) is 12.5. The van der Waals surface area contributed by atoms with Crippen LogP contribution in [0.3, 0.4) is 0 Å². The molecule has 14 heavy (non-hydrogen) atoms. The van der Waals surface area contributed by atoms with Crippen LogP contribution in [-0.4, -0.2) is 11.7 Å². The number of aryl methyl sites for hydroxylation is 1. The van der Waals surface area contributed by atoms with Crippen molar-refractivity contribution in [3.8, 4) is 0 Å². The highest BCUT2D eigenvalue weighted by Gasteiger charge is 2.05. The summed E-state index contributed by atoms with van der Waals surface area (Å²) in [6.07, 6.45) is 0. The first-order valence-electron chi connectivity index (χ1n) is 3.97. The maximum Gasteiger partial charge on any atom is 0.227 e. The molecular formula is C9H11BrN2OS. The van der Waals surface area contributed by atoms with Crippen LogP contribution in [0.5, 0.6) is 0 Å². The molecule has 0 bridgehead atoms. The molecule has 0 unspecified atom stereocenters. The number of carbonyl (C=O) groups is 1. The summed E-state index contributed by atoms with van der Waals surface area (Å²) in [7, 11) is 0. The van der Waals surface area contributed by atoms with Gasteiger partial charge in [-0.1, -0.05) is 0 Å². The van der Waals surface area contributed by atoms with Crippen molar-refractivity contribution in [3.05, 3.63) is 22.2 Å². The number of carbonyl (C=O) groups excluding carboxylic acids is 1. The lowest BCUT2D eigenvalue weighted by Crippen LogP contribution is -2.13. The van der Waals surface area contributed by atoms with Gasteiger partial charge in [-0.25, -0.2) is 0 Å². The summed E-state index contributed by atoms with van der Waals surface area (Å²) in [4.78, 5) is 11.6. The van der Waals surface area contributed by atoms with Gasteiger partial charge >= 0.3 is 0 Å². The lowest BCUT2D eigenvalue weighted by atomic mass is 10.2. The zero-order chi connectivity index (χ0) is 10.7. The minimum atomic E-state index is -0.323. The van der Waals surface area contributed by atoms with Gasteiger partial charge in [-0.2, -0.15) is 0 Å². The van der Waals surface area contributed by atoms with Crippen molar-refractivity contribution in [3.63, 3.8) is 0 Å². The lowest BCUT2D eigenvalue weighted by molar-refractivity contribution is -0.115. The van der Waals surface area contributed by atoms with E-state index in [0.29, 0.717) is 0 Å². The fourth-order valence-electron chi connectivity index (χ4n) is 0.930. The smallest absolute Gasteiger partial charge is 0.227 e. The normalized spacial score (nSPS) is 10.1. The van der Waals surface area contributed by atoms with E-state index in [1.165, 1.54) is 11.8 Å². The summed E-state index contributed by atoms with van der Waals surface area (Å²) in [5.74, 6) is -0.0431. The molecule has 3 nitrogen and oxygen atoms in total. The third kappa shape index (κ3) is 2.92. The topological polar surface area (TPSA) is 69.1 Å². The number of nitrogen functional groups attached to an aromatic ring is 1. The standard InChI is InChI=1S/C9H11BrN2OS/c1-5-2-8(14-4-9(12)13)6(10)3-7(5)11/h2-3H,4,11H2,1H3,(H2,12,13). The molecule has 0 aromatic heterocycles. The van der Waals surface area contributed by atoms with E-state index in [1.54, 1.807) is 0 Å². The molecule has 4 N–H and O–H groups in total. The van der Waals surface area contributed by atoms with Gasteiger partial charge in [-0.15, -0.1) is 11.8 Å². The van der Waals surface area contributed by atoms with Crippen molar-refractivity contribution in [1.29, 1.82) is 0 Å². The van der Waals surface area contributed by atoms with Crippen molar-refractivity contribution >= 4 is 39.3 Å². The number of anilines is 1. The van der Waals surface area contributed by atoms with E-state index in [1.807, 2.05) is 19.1 Å². The van der Waals surface area contributed by atoms with Gasteiger partial charge in [0.25, 0.3) is 0 Å². The monoisotopic (exact) mass is 274 g/mol. The van der Waals surface area contributed by atoms with Crippen molar-refractivity contribution in [1.82, 2.24) is 0 Å². The van der Waals surface area contributed by atoms with Crippen LogP contribution in [0.2, 0.25) is 0 Å². The molecule has 0 spiro atoms. The highest BCUT2D eigenvalue weighted by atomic mass is 79.9. The number of thioether (sulfide) groups is 1. The Morgan fingerprint density at radius 1 is 1.57 bits per heavy atom. The lowest BCUT2D eigenvalue weighted by Gasteiger charge is -2.06. The van der Waals surface area contributed by atoms with E-state index >= 15 is 0 Å². The van der Waals surface area contributed by atoms with Gasteiger partial charge in [0, 0.05) is 15.1 Å². The summed E-state index contributed by atoms with van der Waals surface area (Å²) in [6.45, 7) is 1.93. The first kappa shape index (κ1) is 11.4. The molecule has 0 fully saturated rings. The Kier molecular flexibility index (Phi) is 3.83. The largest absolute Gasteiger partial charge is 0.398 e. The van der Waals surface area contributed by atoms with E-state index in [2.05, 4.69) is 15.9 Å². The first-order chi connectivity index (χ1) is 6.50. The second kappa shape index (κ2) is 4.70. The van der Waals surface area contributed by atoms with Crippen molar-refractivity contribution in [2.45, 2.75) is 11.8 Å². The van der Waals surface area contributed by atoms with Crippen molar-refractivity contribution < 1.29 is 4.79 Å². The third-order valence-electron chi connectivity index (χ3n) is 1.69. The first-order valence-corrected chi connectivity index (χ1v) is 5.75. The SMILES string of the molecule is Cc1cc(SCC(N)=O)c(Br)cc1N. The average molecular weight is 275 g/mol. The van der Waals surface area contributed by atoms with Crippen LogP contribution in [0.4, 0.5) is 5.69 Å². The molecule has 0 radical (unpaired) electrons. The zero-order valence-electron chi connectivity index (χ0n) is 7.71. The van der Waals surface area contributed by atoms with E-state index < -0.39 is 0 Å². The summed E-state index contributed by atoms with van der Waals surface area (Å²) in [6, 6.07) is 3.77. The number of benzene rings is 1. The van der Waals surface area contributed by atoms with E-state index in [-0.39, 0.29) is 11.7 Å². The second-order valence-corrected chi connectivity index (χ2v) is 4.77. The van der Waals surface area contributed by atoms with E-state index in [0.717, 1.165) is 20.6 Å². The quantitative estimate of drug-likeness (QED) is 0.654. The number of rotatable bonds is 3. The van der Waals surface area contributed by atoms with Gasteiger partial charge in [0.2, 0.25) is 5.91 Å². The van der Waals surface area contributed by atoms with Crippen LogP contribution in [-0.2, 0) is 4.79 Å². The van der Waals surface area contributed by atoms with E-state index in [4.69, 9.17) is 11.5 Å². The Morgan fingerprint density at radius 3 is 2.79 bits per heavy atom. The number of amides is 1. The molecule has 76 valence electrons. The maximum absolute atomic E-state index is 10.6. The summed E-state index contributed by atoms with van der Waals surface area (Å²) < 4.78 is 0.895. The van der Waals surface area contributed by atoms with Crippen LogP contribution in [0.1, 0.15) is 5.56 Å². The Labute approximate surface area is 95.4 Å². The van der Waals surface area contributed by atoms with Crippen LogP contribution in [0.15, 0.2) is 21.5 Å². The fourth-order valence-corrected chi connectivity index (χ4v) is 2.39. The van der Waals surface area contributed by atoms with Gasteiger partial charge in [0.05, 0.1) is 5.75 Å². The average Bonchev–Trinajstić information content (AvgIpc) is 2.09. The van der Waals surface area contributed by atoms with Crippen LogP contribution in [0, 0.1) is 6.92 Å². The number of nitrogens with two attached hydrogens (primary N) is 2. The molecular weight excluding hydrogens is 264 g/mol. The van der Waals surface area contributed by atoms with Gasteiger partial charge in [-0.3, -0.25) is 4.79 Å². The van der Waals surface area contributed by atoms with Crippen LogP contribution >= 0.6 is 27.7 Å². The molecule has 0 aliphatic heterocycles. The van der Waals surface area contributed by atoms with Crippen LogP contribution in [0.25, 0.3) is 0 Å². The molecule has 0 saturated heterocycles. The highest BCUT2D eigenvalue weighted by molar-refractivity contribution is 9.10. The van der Waals surface area contributed by atoms with Crippen molar-refractivity contribution in [2.75, 3.05) is 11.5 Å². The Balaban J connectivity index is 2.87. The minimum absolute atomic E-state index is 0.280. The molecule has 0 aliphatic carbocycles. The molecule has 0 saturated carbocycles. The number of hydrogen-bond acceptors (Lipinski definition) is 3. The van der Waals surface area contributed by atoms with Crippen LogP contribution < -0.4 is 11.5 Å². The number of halogens is 1. The zero-order valence-corrected chi connectivity index (χ0v) is 10.1. The molecule has 5 heteroatoms. The predicted octanol–water partition coefficient (Wildman–Crippen LogP) is 1.92. The number of hydrogen-bond donors (Lipinski definition) is 2. The van der Waals surface area contributed by atoms with Gasteiger partial charge in [0.15, 0.2) is 0 Å². The molecule has 0 heterocycles.